The lowest BCUT2D eigenvalue weighted by atomic mass is 9.86. The molecule has 2 N–H and O–H groups in total. The van der Waals surface area contributed by atoms with E-state index in [2.05, 4.69) is 31.0 Å². The van der Waals surface area contributed by atoms with Crippen LogP contribution in [-0.2, 0) is 11.2 Å². The van der Waals surface area contributed by atoms with Crippen molar-refractivity contribution >= 4 is 16.9 Å². The maximum Gasteiger partial charge on any atom is 0.312 e. The highest BCUT2D eigenvalue weighted by Gasteiger charge is 2.29. The van der Waals surface area contributed by atoms with E-state index in [1.165, 1.54) is 22.1 Å². The van der Waals surface area contributed by atoms with Crippen LogP contribution in [0, 0.1) is 13.8 Å². The molecule has 1 aliphatic rings. The third kappa shape index (κ3) is 1.47. The first-order valence-corrected chi connectivity index (χ1v) is 6.43. The van der Waals surface area contributed by atoms with Gasteiger partial charge in [-0.15, -0.1) is 0 Å². The molecule has 0 aliphatic heterocycles. The molecule has 2 aromatic rings. The van der Waals surface area contributed by atoms with Crippen LogP contribution >= 0.6 is 0 Å². The summed E-state index contributed by atoms with van der Waals surface area (Å²) in [5.41, 5.74) is 5.73. The minimum absolute atomic E-state index is 0.360. The number of carbonyl (C=O) groups is 1. The molecule has 0 fully saturated rings. The summed E-state index contributed by atoms with van der Waals surface area (Å²) in [5.74, 6) is -1.07. The molecule has 18 heavy (non-hydrogen) atoms. The Morgan fingerprint density at radius 3 is 2.89 bits per heavy atom. The number of aryl methyl sites for hydroxylation is 3. The molecule has 1 unspecified atom stereocenters. The van der Waals surface area contributed by atoms with Crippen molar-refractivity contribution in [2.75, 3.05) is 0 Å². The lowest BCUT2D eigenvalue weighted by Gasteiger charge is -2.18. The van der Waals surface area contributed by atoms with Gasteiger partial charge in [0.2, 0.25) is 0 Å². The molecule has 3 heteroatoms. The fourth-order valence-corrected chi connectivity index (χ4v) is 3.02. The number of hydrogen-bond donors (Lipinski definition) is 2. The van der Waals surface area contributed by atoms with Gasteiger partial charge < -0.3 is 10.1 Å². The van der Waals surface area contributed by atoms with Gasteiger partial charge in [0.15, 0.2) is 0 Å². The summed E-state index contributed by atoms with van der Waals surface area (Å²) >= 11 is 0. The van der Waals surface area contributed by atoms with Crippen LogP contribution in [0.2, 0.25) is 0 Å². The quantitative estimate of drug-likeness (QED) is 0.807. The molecule has 1 atom stereocenters. The second-order valence-electron chi connectivity index (χ2n) is 5.23. The van der Waals surface area contributed by atoms with Crippen LogP contribution in [0.1, 0.15) is 41.1 Å². The third-order valence-electron chi connectivity index (χ3n) is 4.21. The van der Waals surface area contributed by atoms with Crippen LogP contribution in [0.3, 0.4) is 0 Å². The van der Waals surface area contributed by atoms with Gasteiger partial charge in [0.05, 0.1) is 5.92 Å². The molecule has 1 aromatic carbocycles. The van der Waals surface area contributed by atoms with E-state index in [4.69, 9.17) is 0 Å². The standard InChI is InChI=1S/C15H17NO2/c1-8-6-7-11-10-4-3-5-12(15(17)18)14(10)16-13(11)9(8)2/h6-7,12,16H,3-5H2,1-2H3,(H,17,18). The minimum Gasteiger partial charge on any atom is -0.481 e. The normalized spacial score (nSPS) is 18.9. The van der Waals surface area contributed by atoms with E-state index in [0.29, 0.717) is 0 Å². The van der Waals surface area contributed by atoms with E-state index in [9.17, 15) is 9.90 Å². The number of benzene rings is 1. The predicted molar refractivity (Wildman–Crippen MR) is 71.1 cm³/mol. The Labute approximate surface area is 106 Å². The Morgan fingerprint density at radius 2 is 2.17 bits per heavy atom. The number of aromatic amines is 1. The highest BCUT2D eigenvalue weighted by atomic mass is 16.4. The van der Waals surface area contributed by atoms with Crippen LogP contribution in [0.25, 0.3) is 10.9 Å². The molecule has 0 saturated carbocycles. The lowest BCUT2D eigenvalue weighted by molar-refractivity contribution is -0.139. The lowest BCUT2D eigenvalue weighted by Crippen LogP contribution is -2.17. The number of carboxylic acids is 1. The highest BCUT2D eigenvalue weighted by Crippen LogP contribution is 2.37. The number of rotatable bonds is 1. The number of aliphatic carboxylic acids is 1. The Balaban J connectivity index is 2.30. The number of H-pyrrole nitrogens is 1. The summed E-state index contributed by atoms with van der Waals surface area (Å²) in [7, 11) is 0. The van der Waals surface area contributed by atoms with Crippen LogP contribution in [-0.4, -0.2) is 16.1 Å². The number of aromatic nitrogens is 1. The molecule has 3 nitrogen and oxygen atoms in total. The zero-order chi connectivity index (χ0) is 12.9. The second-order valence-corrected chi connectivity index (χ2v) is 5.23. The summed E-state index contributed by atoms with van der Waals surface area (Å²) in [6, 6.07) is 4.24. The van der Waals surface area contributed by atoms with Crippen molar-refractivity contribution in [3.8, 4) is 0 Å². The van der Waals surface area contributed by atoms with Gasteiger partial charge in [0.1, 0.15) is 0 Å². The van der Waals surface area contributed by atoms with Gasteiger partial charge in [0.25, 0.3) is 0 Å². The molecule has 0 bridgehead atoms. The predicted octanol–water partition coefficient (Wildman–Crippen LogP) is 3.29. The SMILES string of the molecule is Cc1ccc2c3c([nH]c2c1C)C(C(=O)O)CCC3. The molecular formula is C15H17NO2. The Hall–Kier alpha value is -1.77. The van der Waals surface area contributed by atoms with Crippen molar-refractivity contribution in [2.45, 2.75) is 39.0 Å². The van der Waals surface area contributed by atoms with E-state index in [1.807, 2.05) is 0 Å². The average molecular weight is 243 g/mol. The molecule has 0 radical (unpaired) electrons. The van der Waals surface area contributed by atoms with Crippen molar-refractivity contribution in [2.24, 2.45) is 0 Å². The van der Waals surface area contributed by atoms with Gasteiger partial charge in [0, 0.05) is 16.6 Å². The van der Waals surface area contributed by atoms with E-state index in [1.54, 1.807) is 0 Å². The van der Waals surface area contributed by atoms with Gasteiger partial charge in [-0.05, 0) is 49.8 Å². The maximum absolute atomic E-state index is 11.3. The van der Waals surface area contributed by atoms with Crippen molar-refractivity contribution in [1.29, 1.82) is 0 Å². The maximum atomic E-state index is 11.3. The Kier molecular flexibility index (Phi) is 2.44. The first-order chi connectivity index (χ1) is 8.59. The molecule has 0 amide bonds. The molecule has 3 rings (SSSR count). The molecule has 94 valence electrons. The van der Waals surface area contributed by atoms with Gasteiger partial charge in [-0.2, -0.15) is 0 Å². The summed E-state index contributed by atoms with van der Waals surface area (Å²) in [4.78, 5) is 14.7. The fourth-order valence-electron chi connectivity index (χ4n) is 3.02. The van der Waals surface area contributed by atoms with E-state index < -0.39 is 5.97 Å². The fraction of sp³-hybridized carbons (Fsp3) is 0.400. The number of fused-ring (bicyclic) bond motifs is 3. The van der Waals surface area contributed by atoms with Crippen LogP contribution in [0.15, 0.2) is 12.1 Å². The Bertz CT molecular complexity index is 639. The summed E-state index contributed by atoms with van der Waals surface area (Å²) in [6.45, 7) is 4.18. The molecule has 0 saturated heterocycles. The molecule has 1 heterocycles. The zero-order valence-electron chi connectivity index (χ0n) is 10.7. The summed E-state index contributed by atoms with van der Waals surface area (Å²) in [6.07, 6.45) is 2.69. The van der Waals surface area contributed by atoms with E-state index in [-0.39, 0.29) is 5.92 Å². The topological polar surface area (TPSA) is 53.1 Å². The van der Waals surface area contributed by atoms with Crippen LogP contribution in [0.5, 0.6) is 0 Å². The largest absolute Gasteiger partial charge is 0.481 e. The van der Waals surface area contributed by atoms with Crippen molar-refractivity contribution in [1.82, 2.24) is 4.98 Å². The van der Waals surface area contributed by atoms with E-state index >= 15 is 0 Å². The Morgan fingerprint density at radius 1 is 1.39 bits per heavy atom. The summed E-state index contributed by atoms with van der Waals surface area (Å²) in [5, 5.41) is 10.5. The number of nitrogens with one attached hydrogen (secondary N) is 1. The molecular weight excluding hydrogens is 226 g/mol. The summed E-state index contributed by atoms with van der Waals surface area (Å²) < 4.78 is 0. The monoisotopic (exact) mass is 243 g/mol. The smallest absolute Gasteiger partial charge is 0.312 e. The molecule has 0 spiro atoms. The number of carboxylic acid groups (broad SMARTS) is 1. The first kappa shape index (κ1) is 11.3. The van der Waals surface area contributed by atoms with Gasteiger partial charge in [-0.3, -0.25) is 4.79 Å². The van der Waals surface area contributed by atoms with E-state index in [0.717, 1.165) is 30.5 Å². The molecule has 1 aliphatic carbocycles. The average Bonchev–Trinajstić information content (AvgIpc) is 2.72. The first-order valence-electron chi connectivity index (χ1n) is 6.43. The second kappa shape index (κ2) is 3.87. The number of hydrogen-bond acceptors (Lipinski definition) is 1. The molecule has 1 aromatic heterocycles. The third-order valence-corrected chi connectivity index (χ3v) is 4.21. The van der Waals surface area contributed by atoms with Gasteiger partial charge in [-0.1, -0.05) is 12.1 Å². The van der Waals surface area contributed by atoms with Crippen molar-refractivity contribution in [3.63, 3.8) is 0 Å². The highest BCUT2D eigenvalue weighted by molar-refractivity contribution is 5.90. The minimum atomic E-state index is -0.711. The van der Waals surface area contributed by atoms with Crippen molar-refractivity contribution < 1.29 is 9.90 Å². The van der Waals surface area contributed by atoms with Gasteiger partial charge in [-0.25, -0.2) is 0 Å². The van der Waals surface area contributed by atoms with Gasteiger partial charge >= 0.3 is 5.97 Å². The van der Waals surface area contributed by atoms with Crippen molar-refractivity contribution in [3.05, 3.63) is 34.5 Å². The zero-order valence-corrected chi connectivity index (χ0v) is 10.7. The van der Waals surface area contributed by atoms with Crippen LogP contribution < -0.4 is 0 Å². The van der Waals surface area contributed by atoms with Crippen LogP contribution in [0.4, 0.5) is 0 Å².